The minimum absolute atomic E-state index is 0.232. The van der Waals surface area contributed by atoms with Gasteiger partial charge in [0.05, 0.1) is 7.11 Å². The lowest BCUT2D eigenvalue weighted by Gasteiger charge is -2.13. The van der Waals surface area contributed by atoms with E-state index in [1.807, 2.05) is 55.5 Å². The van der Waals surface area contributed by atoms with Crippen LogP contribution in [0.4, 0.5) is 0 Å². The first-order valence-corrected chi connectivity index (χ1v) is 6.20. The highest BCUT2D eigenvalue weighted by atomic mass is 16.5. The van der Waals surface area contributed by atoms with Crippen LogP contribution in [-0.4, -0.2) is 18.8 Å². The quantitative estimate of drug-likeness (QED) is 0.895. The van der Waals surface area contributed by atoms with Crippen LogP contribution < -0.4 is 9.47 Å². The zero-order valence-corrected chi connectivity index (χ0v) is 11.2. The third kappa shape index (κ3) is 3.73. The number of aryl methyl sites for hydroxylation is 1. The summed E-state index contributed by atoms with van der Waals surface area (Å²) in [6.45, 7) is 2.25. The Labute approximate surface area is 113 Å². The van der Waals surface area contributed by atoms with Gasteiger partial charge in [-0.3, -0.25) is 0 Å². The number of ether oxygens (including phenoxy) is 2. The van der Waals surface area contributed by atoms with Crippen molar-refractivity contribution in [1.82, 2.24) is 0 Å². The fraction of sp³-hybridized carbons (Fsp3) is 0.250. The van der Waals surface area contributed by atoms with Crippen LogP contribution in [0.1, 0.15) is 17.2 Å². The maximum Gasteiger partial charge on any atom is 0.119 e. The molecule has 3 nitrogen and oxygen atoms in total. The summed E-state index contributed by atoms with van der Waals surface area (Å²) >= 11 is 0. The first-order chi connectivity index (χ1) is 9.19. The van der Waals surface area contributed by atoms with Gasteiger partial charge in [-0.2, -0.15) is 0 Å². The van der Waals surface area contributed by atoms with Gasteiger partial charge in [0.25, 0.3) is 0 Å². The van der Waals surface area contributed by atoms with Gasteiger partial charge in [-0.15, -0.1) is 0 Å². The number of aliphatic hydroxyl groups is 1. The molecule has 0 aliphatic rings. The van der Waals surface area contributed by atoms with E-state index in [0.29, 0.717) is 5.75 Å². The van der Waals surface area contributed by atoms with Crippen molar-refractivity contribution in [3.8, 4) is 11.5 Å². The molecule has 0 radical (unpaired) electrons. The lowest BCUT2D eigenvalue weighted by atomic mass is 10.1. The minimum Gasteiger partial charge on any atom is -0.497 e. The van der Waals surface area contributed by atoms with E-state index in [0.717, 1.165) is 11.3 Å². The van der Waals surface area contributed by atoms with E-state index < -0.39 is 6.10 Å². The fourth-order valence-electron chi connectivity index (χ4n) is 1.73. The molecule has 100 valence electrons. The van der Waals surface area contributed by atoms with Crippen LogP contribution in [0.15, 0.2) is 48.5 Å². The van der Waals surface area contributed by atoms with E-state index in [-0.39, 0.29) is 6.61 Å². The first-order valence-electron chi connectivity index (χ1n) is 6.20. The summed E-state index contributed by atoms with van der Waals surface area (Å²) in [6, 6.07) is 15.1. The van der Waals surface area contributed by atoms with Crippen molar-refractivity contribution in [1.29, 1.82) is 0 Å². The molecule has 2 aromatic carbocycles. The average Bonchev–Trinajstić information content (AvgIpc) is 2.46. The Kier molecular flexibility index (Phi) is 4.42. The van der Waals surface area contributed by atoms with E-state index in [9.17, 15) is 5.11 Å². The van der Waals surface area contributed by atoms with Gasteiger partial charge < -0.3 is 14.6 Å². The SMILES string of the molecule is COc1ccc(OCC(O)c2ccc(C)cc2)cc1. The summed E-state index contributed by atoms with van der Waals surface area (Å²) < 4.78 is 10.6. The van der Waals surface area contributed by atoms with Crippen LogP contribution in [-0.2, 0) is 0 Å². The molecule has 0 aliphatic carbocycles. The van der Waals surface area contributed by atoms with E-state index in [1.54, 1.807) is 7.11 Å². The molecule has 2 aromatic rings. The Balaban J connectivity index is 1.92. The summed E-state index contributed by atoms with van der Waals surface area (Å²) in [5.74, 6) is 1.50. The largest absolute Gasteiger partial charge is 0.497 e. The number of rotatable bonds is 5. The Morgan fingerprint density at radius 1 is 0.947 bits per heavy atom. The predicted octanol–water partition coefficient (Wildman–Crippen LogP) is 3.12. The number of hydrogen-bond donors (Lipinski definition) is 1. The van der Waals surface area contributed by atoms with E-state index in [2.05, 4.69) is 0 Å². The Morgan fingerprint density at radius 3 is 2.11 bits per heavy atom. The number of methoxy groups -OCH3 is 1. The average molecular weight is 258 g/mol. The number of aliphatic hydroxyl groups excluding tert-OH is 1. The van der Waals surface area contributed by atoms with Crippen LogP contribution in [0.5, 0.6) is 11.5 Å². The van der Waals surface area contributed by atoms with Crippen molar-refractivity contribution in [2.24, 2.45) is 0 Å². The highest BCUT2D eigenvalue weighted by Crippen LogP contribution is 2.19. The second-order valence-corrected chi connectivity index (χ2v) is 4.41. The second-order valence-electron chi connectivity index (χ2n) is 4.41. The predicted molar refractivity (Wildman–Crippen MR) is 74.6 cm³/mol. The van der Waals surface area contributed by atoms with Gasteiger partial charge in [-0.05, 0) is 36.8 Å². The Hall–Kier alpha value is -2.00. The normalized spacial score (nSPS) is 11.9. The van der Waals surface area contributed by atoms with Gasteiger partial charge in [0, 0.05) is 0 Å². The fourth-order valence-corrected chi connectivity index (χ4v) is 1.73. The molecule has 19 heavy (non-hydrogen) atoms. The molecule has 0 heterocycles. The third-order valence-corrected chi connectivity index (χ3v) is 2.93. The van der Waals surface area contributed by atoms with Crippen LogP contribution in [0, 0.1) is 6.92 Å². The van der Waals surface area contributed by atoms with E-state index >= 15 is 0 Å². The van der Waals surface area contributed by atoms with Gasteiger partial charge in [0.2, 0.25) is 0 Å². The molecule has 0 bridgehead atoms. The molecule has 3 heteroatoms. The van der Waals surface area contributed by atoms with Crippen molar-refractivity contribution in [2.45, 2.75) is 13.0 Å². The topological polar surface area (TPSA) is 38.7 Å². The highest BCUT2D eigenvalue weighted by molar-refractivity contribution is 5.31. The van der Waals surface area contributed by atoms with E-state index in [4.69, 9.17) is 9.47 Å². The molecule has 0 aromatic heterocycles. The first kappa shape index (κ1) is 13.4. The highest BCUT2D eigenvalue weighted by Gasteiger charge is 2.08. The molecular formula is C16H18O3. The van der Waals surface area contributed by atoms with Crippen LogP contribution in [0.2, 0.25) is 0 Å². The number of hydrogen-bond acceptors (Lipinski definition) is 3. The van der Waals surface area contributed by atoms with Crippen molar-refractivity contribution >= 4 is 0 Å². The van der Waals surface area contributed by atoms with Crippen molar-refractivity contribution < 1.29 is 14.6 Å². The summed E-state index contributed by atoms with van der Waals surface area (Å²) in [4.78, 5) is 0. The van der Waals surface area contributed by atoms with Crippen molar-refractivity contribution in [2.75, 3.05) is 13.7 Å². The van der Waals surface area contributed by atoms with Gasteiger partial charge >= 0.3 is 0 Å². The summed E-state index contributed by atoms with van der Waals surface area (Å²) in [6.07, 6.45) is -0.622. The smallest absolute Gasteiger partial charge is 0.119 e. The van der Waals surface area contributed by atoms with E-state index in [1.165, 1.54) is 5.56 Å². The maximum atomic E-state index is 10.0. The molecule has 0 saturated heterocycles. The lowest BCUT2D eigenvalue weighted by molar-refractivity contribution is 0.108. The van der Waals surface area contributed by atoms with Crippen molar-refractivity contribution in [3.63, 3.8) is 0 Å². The Bertz CT molecular complexity index is 503. The van der Waals surface area contributed by atoms with Crippen LogP contribution in [0.3, 0.4) is 0 Å². The third-order valence-electron chi connectivity index (χ3n) is 2.93. The van der Waals surface area contributed by atoms with Gasteiger partial charge in [-0.1, -0.05) is 29.8 Å². The summed E-state index contributed by atoms with van der Waals surface area (Å²) in [5.41, 5.74) is 2.03. The monoisotopic (exact) mass is 258 g/mol. The molecule has 2 rings (SSSR count). The van der Waals surface area contributed by atoms with Crippen LogP contribution >= 0.6 is 0 Å². The Morgan fingerprint density at radius 2 is 1.53 bits per heavy atom. The molecule has 0 spiro atoms. The summed E-state index contributed by atoms with van der Waals surface area (Å²) in [5, 5.41) is 10.0. The number of benzene rings is 2. The summed E-state index contributed by atoms with van der Waals surface area (Å²) in [7, 11) is 1.62. The molecule has 1 unspecified atom stereocenters. The van der Waals surface area contributed by atoms with Crippen molar-refractivity contribution in [3.05, 3.63) is 59.7 Å². The second kappa shape index (κ2) is 6.25. The van der Waals surface area contributed by atoms with Gasteiger partial charge in [0.15, 0.2) is 0 Å². The molecule has 1 atom stereocenters. The zero-order chi connectivity index (χ0) is 13.7. The van der Waals surface area contributed by atoms with Crippen LogP contribution in [0.25, 0.3) is 0 Å². The zero-order valence-electron chi connectivity index (χ0n) is 11.2. The standard InChI is InChI=1S/C16H18O3/c1-12-3-5-13(6-4-12)16(17)11-19-15-9-7-14(18-2)8-10-15/h3-10,16-17H,11H2,1-2H3. The molecule has 0 amide bonds. The molecule has 0 aliphatic heterocycles. The molecule has 0 saturated carbocycles. The van der Waals surface area contributed by atoms with Gasteiger partial charge in [0.1, 0.15) is 24.2 Å². The lowest BCUT2D eigenvalue weighted by Crippen LogP contribution is -2.09. The molecule has 1 N–H and O–H groups in total. The van der Waals surface area contributed by atoms with Gasteiger partial charge in [-0.25, -0.2) is 0 Å². The molecular weight excluding hydrogens is 240 g/mol. The maximum absolute atomic E-state index is 10.0. The molecule has 0 fully saturated rings. The minimum atomic E-state index is -0.622.